The topological polar surface area (TPSA) is 154 Å². The largest absolute Gasteiger partial charge is 0.497 e. The van der Waals surface area contributed by atoms with Crippen molar-refractivity contribution in [2.75, 3.05) is 18.6 Å². The Kier molecular flexibility index (Phi) is 7.83. The highest BCUT2D eigenvalue weighted by atomic mass is 35.7. The van der Waals surface area contributed by atoms with Gasteiger partial charge < -0.3 is 16.2 Å². The molecule has 4 aromatic rings. The minimum atomic E-state index is -4.94. The van der Waals surface area contributed by atoms with Gasteiger partial charge in [0.15, 0.2) is 0 Å². The molecule has 1 aromatic heterocycles. The number of anilines is 2. The first-order valence-corrected chi connectivity index (χ1v) is 11.6. The predicted molar refractivity (Wildman–Crippen MR) is 120 cm³/mol. The van der Waals surface area contributed by atoms with Crippen LogP contribution in [-0.4, -0.2) is 7.11 Å². The molecular weight excluding hydrogens is 464 g/mol. The molecule has 0 bridgehead atoms. The zero-order chi connectivity index (χ0) is 24.0. The summed E-state index contributed by atoms with van der Waals surface area (Å²) in [6.45, 7) is 0. The van der Waals surface area contributed by atoms with Crippen LogP contribution < -0.4 is 34.8 Å². The molecule has 7 nitrogen and oxygen atoms in total. The Morgan fingerprint density at radius 1 is 0.606 bits per heavy atom. The number of nitrogen functional groups attached to an aromatic ring is 2. The molecule has 0 aliphatic carbocycles. The van der Waals surface area contributed by atoms with E-state index in [1.165, 1.54) is 9.75 Å². The van der Waals surface area contributed by atoms with Crippen molar-refractivity contribution >= 4 is 22.7 Å². The maximum atomic E-state index is 8.49. The van der Waals surface area contributed by atoms with E-state index in [-0.39, 0.29) is 0 Å². The number of methoxy groups -OCH3 is 1. The molecule has 0 aliphatic rings. The van der Waals surface area contributed by atoms with Gasteiger partial charge in [0.05, 0.1) is 7.11 Å². The SMILES string of the molecule is COc1ccc(-c2cc(-c3ccc(N)cc3)[s+]c(-c3ccc(N)cc3)c2)cc1.[O-][Cl+3]([O-])([O-])[O-]. The molecular formula is C24H21ClN2O5S. The second kappa shape index (κ2) is 10.6. The minimum Gasteiger partial charge on any atom is -0.497 e. The molecule has 4 rings (SSSR count). The standard InChI is InChI=1S/C24H21N2OS.ClHO4/c1-27-22-12-6-16(7-13-22)19-14-23(17-2-8-20(25)9-3-17)28-24(15-19)18-4-10-21(26)11-5-18;2-1(3,4)5/h2-15H,25-26H2,1H3;(H,2,3,4,5)/q+1;/p-1. The predicted octanol–water partition coefficient (Wildman–Crippen LogP) is 1.45. The fourth-order valence-electron chi connectivity index (χ4n) is 3.03. The van der Waals surface area contributed by atoms with Gasteiger partial charge in [0.2, 0.25) is 21.1 Å². The van der Waals surface area contributed by atoms with Crippen molar-refractivity contribution in [1.82, 2.24) is 0 Å². The van der Waals surface area contributed by atoms with Crippen LogP contribution in [0.4, 0.5) is 11.4 Å². The molecule has 0 saturated carbocycles. The maximum Gasteiger partial charge on any atom is 0.239 e. The van der Waals surface area contributed by atoms with E-state index < -0.39 is 10.2 Å². The van der Waals surface area contributed by atoms with Crippen LogP contribution in [0.5, 0.6) is 5.75 Å². The molecule has 0 aliphatic heterocycles. The molecule has 0 amide bonds. The summed E-state index contributed by atoms with van der Waals surface area (Å²) >= 11 is 1.75. The second-order valence-electron chi connectivity index (χ2n) is 6.93. The zero-order valence-corrected chi connectivity index (χ0v) is 19.1. The van der Waals surface area contributed by atoms with E-state index in [1.54, 1.807) is 18.4 Å². The van der Waals surface area contributed by atoms with Gasteiger partial charge in [-0.2, -0.15) is 0 Å². The van der Waals surface area contributed by atoms with Gasteiger partial charge in [0, 0.05) is 34.6 Å². The molecule has 0 spiro atoms. The van der Waals surface area contributed by atoms with Gasteiger partial charge in [-0.25, -0.2) is 18.6 Å². The lowest BCUT2D eigenvalue weighted by molar-refractivity contribution is -2.00. The molecule has 170 valence electrons. The summed E-state index contributed by atoms with van der Waals surface area (Å²) in [5, 5.41) is 0. The first-order valence-electron chi connectivity index (χ1n) is 9.58. The molecule has 0 fully saturated rings. The van der Waals surface area contributed by atoms with Gasteiger partial charge >= 0.3 is 0 Å². The van der Waals surface area contributed by atoms with Gasteiger partial charge in [-0.15, -0.1) is 10.2 Å². The first-order chi connectivity index (χ1) is 15.6. The fourth-order valence-corrected chi connectivity index (χ4v) is 4.15. The fraction of sp³-hybridized carbons (Fsp3) is 0.0417. The van der Waals surface area contributed by atoms with Crippen LogP contribution in [0, 0.1) is 10.2 Å². The normalized spacial score (nSPS) is 10.8. The lowest BCUT2D eigenvalue weighted by atomic mass is 10.0. The molecule has 9 heteroatoms. The summed E-state index contributed by atoms with van der Waals surface area (Å²) in [4.78, 5) is 2.36. The average molecular weight is 485 g/mol. The van der Waals surface area contributed by atoms with Gasteiger partial charge in [0.1, 0.15) is 5.75 Å². The van der Waals surface area contributed by atoms with Crippen LogP contribution in [0.3, 0.4) is 0 Å². The third-order valence-electron chi connectivity index (χ3n) is 4.61. The van der Waals surface area contributed by atoms with Crippen molar-refractivity contribution in [1.29, 1.82) is 0 Å². The number of nitrogens with two attached hydrogens (primary N) is 2. The zero-order valence-electron chi connectivity index (χ0n) is 17.6. The van der Waals surface area contributed by atoms with E-state index in [9.17, 15) is 0 Å². The molecule has 0 saturated heterocycles. The lowest BCUT2D eigenvalue weighted by Gasteiger charge is -2.17. The van der Waals surface area contributed by atoms with Gasteiger partial charge in [-0.1, -0.05) is 12.1 Å². The average Bonchev–Trinajstić information content (AvgIpc) is 2.79. The van der Waals surface area contributed by atoms with Crippen molar-refractivity contribution in [3.63, 3.8) is 0 Å². The van der Waals surface area contributed by atoms with Crippen molar-refractivity contribution < 1.29 is 33.6 Å². The van der Waals surface area contributed by atoms with E-state index in [1.807, 2.05) is 36.4 Å². The van der Waals surface area contributed by atoms with Crippen LogP contribution >= 0.6 is 11.3 Å². The Morgan fingerprint density at radius 2 is 0.970 bits per heavy atom. The highest BCUT2D eigenvalue weighted by molar-refractivity contribution is 7.18. The Balaban J connectivity index is 0.000000555. The van der Waals surface area contributed by atoms with Crippen LogP contribution in [0.25, 0.3) is 32.0 Å². The summed E-state index contributed by atoms with van der Waals surface area (Å²) in [6, 6.07) is 28.6. The van der Waals surface area contributed by atoms with E-state index in [2.05, 4.69) is 48.5 Å². The Morgan fingerprint density at radius 3 is 1.33 bits per heavy atom. The van der Waals surface area contributed by atoms with Crippen molar-refractivity contribution in [3.8, 4) is 37.8 Å². The van der Waals surface area contributed by atoms with Crippen LogP contribution in [0.1, 0.15) is 0 Å². The van der Waals surface area contributed by atoms with Crippen molar-refractivity contribution in [2.24, 2.45) is 0 Å². The number of halogens is 1. The summed E-state index contributed by atoms with van der Waals surface area (Å²) in [6.07, 6.45) is 0. The summed E-state index contributed by atoms with van der Waals surface area (Å²) < 4.78 is 39.3. The van der Waals surface area contributed by atoms with E-state index in [4.69, 9.17) is 34.8 Å². The molecule has 3 aromatic carbocycles. The smallest absolute Gasteiger partial charge is 0.239 e. The molecule has 0 unspecified atom stereocenters. The third kappa shape index (κ3) is 7.40. The Hall–Kier alpha value is -3.24. The molecule has 4 N–H and O–H groups in total. The first kappa shape index (κ1) is 24.4. The van der Waals surface area contributed by atoms with Gasteiger partial charge in [0.25, 0.3) is 0 Å². The molecule has 0 atom stereocenters. The highest BCUT2D eigenvalue weighted by Gasteiger charge is 2.19. The Bertz CT molecular complexity index is 1130. The number of ether oxygens (including phenoxy) is 1. The van der Waals surface area contributed by atoms with E-state index >= 15 is 0 Å². The molecule has 0 radical (unpaired) electrons. The van der Waals surface area contributed by atoms with Crippen molar-refractivity contribution in [2.45, 2.75) is 0 Å². The molecule has 1 heterocycles. The third-order valence-corrected chi connectivity index (χ3v) is 5.75. The quantitative estimate of drug-likeness (QED) is 0.328. The number of hydrogen-bond acceptors (Lipinski definition) is 7. The second-order valence-corrected chi connectivity index (χ2v) is 8.76. The van der Waals surface area contributed by atoms with Crippen LogP contribution in [0.15, 0.2) is 84.9 Å². The van der Waals surface area contributed by atoms with Gasteiger partial charge in [-0.3, -0.25) is 0 Å². The van der Waals surface area contributed by atoms with Crippen LogP contribution in [-0.2, 0) is 0 Å². The van der Waals surface area contributed by atoms with Gasteiger partial charge in [-0.05, 0) is 71.8 Å². The lowest BCUT2D eigenvalue weighted by Crippen LogP contribution is -2.68. The van der Waals surface area contributed by atoms with E-state index in [0.29, 0.717) is 0 Å². The summed E-state index contributed by atoms with van der Waals surface area (Å²) in [5.74, 6) is 0.847. The summed E-state index contributed by atoms with van der Waals surface area (Å²) in [5.41, 5.74) is 17.8. The number of hydrogen-bond donors (Lipinski definition) is 2. The van der Waals surface area contributed by atoms with E-state index in [0.717, 1.165) is 39.4 Å². The Labute approximate surface area is 197 Å². The minimum absolute atomic E-state index is 0.763. The highest BCUT2D eigenvalue weighted by Crippen LogP contribution is 2.38. The van der Waals surface area contributed by atoms with Crippen molar-refractivity contribution in [3.05, 3.63) is 84.9 Å². The molecule has 33 heavy (non-hydrogen) atoms. The number of rotatable bonds is 4. The number of benzene rings is 3. The maximum absolute atomic E-state index is 8.49. The van der Waals surface area contributed by atoms with Crippen LogP contribution in [0.2, 0.25) is 0 Å². The summed E-state index contributed by atoms with van der Waals surface area (Å²) in [7, 11) is -3.27. The monoisotopic (exact) mass is 484 g/mol.